The van der Waals surface area contributed by atoms with Crippen molar-refractivity contribution in [1.82, 2.24) is 0 Å². The molecule has 0 saturated heterocycles. The second kappa shape index (κ2) is 5.66. The molecule has 0 radical (unpaired) electrons. The van der Waals surface area contributed by atoms with Crippen LogP contribution in [0.5, 0.6) is 0 Å². The first-order valence-electron chi connectivity index (χ1n) is 5.31. The molecule has 1 aromatic heterocycles. The van der Waals surface area contributed by atoms with Crippen molar-refractivity contribution in [2.75, 3.05) is 0 Å². The summed E-state index contributed by atoms with van der Waals surface area (Å²) in [5, 5.41) is 2.33. The summed E-state index contributed by atoms with van der Waals surface area (Å²) in [5.74, 6) is 0. The minimum absolute atomic E-state index is 0.729. The van der Waals surface area contributed by atoms with E-state index in [1.165, 1.54) is 0 Å². The fourth-order valence-corrected chi connectivity index (χ4v) is 1.44. The molecule has 2 heteroatoms. The quantitative estimate of drug-likeness (QED) is 0.586. The first kappa shape index (κ1) is 11.1. The summed E-state index contributed by atoms with van der Waals surface area (Å²) in [5.41, 5.74) is 0.729. The van der Waals surface area contributed by atoms with E-state index in [2.05, 4.69) is 0 Å². The zero-order chi connectivity index (χ0) is 11.9. The van der Waals surface area contributed by atoms with E-state index in [0.717, 1.165) is 22.6 Å². The smallest absolute Gasteiger partial charge is 0.150 e. The molecule has 3 rings (SSSR count). The van der Waals surface area contributed by atoms with Gasteiger partial charge < -0.3 is 4.42 Å². The minimum atomic E-state index is 0.729. The Morgan fingerprint density at radius 3 is 1.76 bits per heavy atom. The van der Waals surface area contributed by atoms with Gasteiger partial charge in [-0.15, -0.1) is 0 Å². The lowest BCUT2D eigenvalue weighted by Crippen LogP contribution is -1.73. The Kier molecular flexibility index (Phi) is 3.71. The fourth-order valence-electron chi connectivity index (χ4n) is 1.44. The second-order valence-corrected chi connectivity index (χ2v) is 3.53. The van der Waals surface area contributed by atoms with Gasteiger partial charge in [0.25, 0.3) is 0 Å². The number of rotatable bonds is 1. The highest BCUT2D eigenvalue weighted by Gasteiger charge is 1.89. The third kappa shape index (κ3) is 3.05. The zero-order valence-electron chi connectivity index (χ0n) is 9.24. The van der Waals surface area contributed by atoms with E-state index in [1.54, 1.807) is 24.7 Å². The van der Waals surface area contributed by atoms with Crippen LogP contribution in [0.25, 0.3) is 10.8 Å². The topological polar surface area (TPSA) is 30.2 Å². The van der Waals surface area contributed by atoms with Crippen LogP contribution in [-0.2, 0) is 0 Å². The third-order valence-electron chi connectivity index (χ3n) is 2.32. The Morgan fingerprint density at radius 2 is 1.29 bits per heavy atom. The molecule has 2 nitrogen and oxygen atoms in total. The van der Waals surface area contributed by atoms with Crippen LogP contribution in [0, 0.1) is 0 Å². The molecule has 84 valence electrons. The minimum Gasteiger partial charge on any atom is -0.471 e. The molecule has 0 unspecified atom stereocenters. The van der Waals surface area contributed by atoms with Gasteiger partial charge in [0.15, 0.2) is 0 Å². The molecule has 0 atom stereocenters. The summed E-state index contributed by atoms with van der Waals surface area (Å²) in [6, 6.07) is 17.1. The molecule has 0 N–H and O–H groups in total. The Balaban J connectivity index is 0.000000128. The van der Waals surface area contributed by atoms with Gasteiger partial charge >= 0.3 is 0 Å². The van der Waals surface area contributed by atoms with E-state index in [-0.39, 0.29) is 0 Å². The van der Waals surface area contributed by atoms with Gasteiger partial charge in [0.2, 0.25) is 0 Å². The van der Waals surface area contributed by atoms with Gasteiger partial charge in [-0.2, -0.15) is 0 Å². The molecule has 0 aliphatic heterocycles. The highest BCUT2D eigenvalue weighted by Crippen LogP contribution is 2.12. The van der Waals surface area contributed by atoms with Crippen molar-refractivity contribution in [3.8, 4) is 0 Å². The lowest BCUT2D eigenvalue weighted by atomic mass is 10.2. The first-order valence-corrected chi connectivity index (χ1v) is 5.31. The van der Waals surface area contributed by atoms with Crippen LogP contribution in [-0.4, -0.2) is 6.29 Å². The van der Waals surface area contributed by atoms with E-state index < -0.39 is 0 Å². The molecule has 0 saturated carbocycles. The number of hydrogen-bond acceptors (Lipinski definition) is 2. The van der Waals surface area contributed by atoms with Crippen molar-refractivity contribution in [2.45, 2.75) is 0 Å². The van der Waals surface area contributed by atoms with Crippen LogP contribution in [0.15, 0.2) is 71.5 Å². The molecule has 0 fully saturated rings. The molecular weight excluding hydrogens is 212 g/mol. The number of carbonyl (C=O) groups excluding carboxylic acids is 1. The maximum atomic E-state index is 10.0. The summed E-state index contributed by atoms with van der Waals surface area (Å²) in [4.78, 5) is 10.0. The molecule has 0 spiro atoms. The van der Waals surface area contributed by atoms with Gasteiger partial charge in [-0.25, -0.2) is 0 Å². The van der Waals surface area contributed by atoms with E-state index in [0.29, 0.717) is 0 Å². The van der Waals surface area contributed by atoms with Crippen molar-refractivity contribution in [3.05, 3.63) is 72.7 Å². The Labute approximate surface area is 99.5 Å². The maximum absolute atomic E-state index is 10.0. The van der Waals surface area contributed by atoms with Crippen molar-refractivity contribution in [2.24, 2.45) is 0 Å². The number of aldehydes is 1. The van der Waals surface area contributed by atoms with Gasteiger partial charge in [0, 0.05) is 16.3 Å². The van der Waals surface area contributed by atoms with Gasteiger partial charge in [0.05, 0.1) is 12.5 Å². The predicted octanol–water partition coefficient (Wildman–Crippen LogP) is 3.93. The van der Waals surface area contributed by atoms with Crippen molar-refractivity contribution in [1.29, 1.82) is 0 Å². The van der Waals surface area contributed by atoms with Crippen molar-refractivity contribution in [3.63, 3.8) is 0 Å². The first-order chi connectivity index (χ1) is 8.40. The lowest BCUT2D eigenvalue weighted by Gasteiger charge is -1.81. The van der Waals surface area contributed by atoms with Crippen molar-refractivity contribution < 1.29 is 9.21 Å². The van der Waals surface area contributed by atoms with E-state index in [9.17, 15) is 4.79 Å². The SMILES string of the molecule is O=Cc1ccccc1.c1ccc2cocc2c1. The van der Waals surface area contributed by atoms with Crippen LogP contribution in [0.3, 0.4) is 0 Å². The third-order valence-corrected chi connectivity index (χ3v) is 2.32. The second-order valence-electron chi connectivity index (χ2n) is 3.53. The summed E-state index contributed by atoms with van der Waals surface area (Å²) in [7, 11) is 0. The average molecular weight is 224 g/mol. The summed E-state index contributed by atoms with van der Waals surface area (Å²) in [6.07, 6.45) is 4.32. The Morgan fingerprint density at radius 1 is 0.765 bits per heavy atom. The predicted molar refractivity (Wildman–Crippen MR) is 68.0 cm³/mol. The van der Waals surface area contributed by atoms with E-state index in [4.69, 9.17) is 4.42 Å². The van der Waals surface area contributed by atoms with Crippen LogP contribution in [0.1, 0.15) is 10.4 Å². The highest BCUT2D eigenvalue weighted by atomic mass is 16.3. The Hall–Kier alpha value is -2.35. The molecule has 0 aliphatic rings. The lowest BCUT2D eigenvalue weighted by molar-refractivity contribution is 0.112. The van der Waals surface area contributed by atoms with Gasteiger partial charge in [-0.05, 0) is 0 Å². The summed E-state index contributed by atoms with van der Waals surface area (Å²) < 4.78 is 4.96. The monoisotopic (exact) mass is 224 g/mol. The van der Waals surface area contributed by atoms with Crippen LogP contribution in [0.2, 0.25) is 0 Å². The number of fused-ring (bicyclic) bond motifs is 1. The number of furan rings is 1. The number of carbonyl (C=O) groups is 1. The molecule has 0 bridgehead atoms. The van der Waals surface area contributed by atoms with Crippen LogP contribution in [0.4, 0.5) is 0 Å². The van der Waals surface area contributed by atoms with Gasteiger partial charge in [-0.3, -0.25) is 4.79 Å². The molecular formula is C15H12O2. The normalized spacial score (nSPS) is 9.41. The average Bonchev–Trinajstić information content (AvgIpc) is 2.89. The molecule has 1 heterocycles. The summed E-state index contributed by atoms with van der Waals surface area (Å²) in [6.45, 7) is 0. The number of hydrogen-bond donors (Lipinski definition) is 0. The largest absolute Gasteiger partial charge is 0.471 e. The molecule has 0 amide bonds. The highest BCUT2D eigenvalue weighted by molar-refractivity contribution is 5.80. The van der Waals surface area contributed by atoms with Crippen LogP contribution < -0.4 is 0 Å². The zero-order valence-corrected chi connectivity index (χ0v) is 9.24. The van der Waals surface area contributed by atoms with E-state index in [1.807, 2.05) is 42.5 Å². The number of benzene rings is 2. The van der Waals surface area contributed by atoms with E-state index >= 15 is 0 Å². The molecule has 17 heavy (non-hydrogen) atoms. The van der Waals surface area contributed by atoms with Gasteiger partial charge in [0.1, 0.15) is 6.29 Å². The molecule has 0 aliphatic carbocycles. The van der Waals surface area contributed by atoms with Gasteiger partial charge in [-0.1, -0.05) is 54.6 Å². The standard InChI is InChI=1S/C8H6O.C7H6O/c1-2-4-8-6-9-5-7(8)3-1;8-6-7-4-2-1-3-5-7/h1-6H;1-6H. The molecule has 3 aromatic rings. The van der Waals surface area contributed by atoms with Crippen molar-refractivity contribution >= 4 is 17.1 Å². The van der Waals surface area contributed by atoms with Crippen LogP contribution >= 0.6 is 0 Å². The Bertz CT molecular complexity index is 552. The maximum Gasteiger partial charge on any atom is 0.150 e. The fraction of sp³-hybridized carbons (Fsp3) is 0. The summed E-state index contributed by atoms with van der Waals surface area (Å²) >= 11 is 0. The molecule has 2 aromatic carbocycles.